The first kappa shape index (κ1) is 13.1. The van der Waals surface area contributed by atoms with Crippen LogP contribution < -0.4 is 0 Å². The standard InChI is InChI=1S/C11H5F3N4S2/c12-11(13,14)10-18-17-9(20-10)7-3-1-2-6(16-7)8-15-4-5-19-8/h1-5H. The largest absolute Gasteiger partial charge is 0.445 e. The molecular weight excluding hydrogens is 309 g/mol. The molecule has 0 amide bonds. The van der Waals surface area contributed by atoms with Crippen LogP contribution in [0.2, 0.25) is 0 Å². The smallest absolute Gasteiger partial charge is 0.243 e. The highest BCUT2D eigenvalue weighted by Gasteiger charge is 2.35. The Morgan fingerprint density at radius 3 is 2.35 bits per heavy atom. The molecule has 0 aliphatic rings. The van der Waals surface area contributed by atoms with Crippen LogP contribution in [0.1, 0.15) is 5.01 Å². The predicted octanol–water partition coefficient (Wildman–Crippen LogP) is 3.74. The summed E-state index contributed by atoms with van der Waals surface area (Å²) in [4.78, 5) is 8.38. The van der Waals surface area contributed by atoms with E-state index < -0.39 is 11.2 Å². The fourth-order valence-electron chi connectivity index (χ4n) is 1.46. The van der Waals surface area contributed by atoms with Gasteiger partial charge in [-0.25, -0.2) is 9.97 Å². The number of thiazole rings is 1. The molecular formula is C11H5F3N4S2. The first-order valence-corrected chi connectivity index (χ1v) is 7.01. The van der Waals surface area contributed by atoms with Gasteiger partial charge in [-0.3, -0.25) is 0 Å². The van der Waals surface area contributed by atoms with Gasteiger partial charge in [0, 0.05) is 11.6 Å². The molecule has 9 heteroatoms. The molecule has 0 atom stereocenters. The van der Waals surface area contributed by atoms with E-state index in [0.717, 1.165) is 0 Å². The van der Waals surface area contributed by atoms with Crippen LogP contribution in [-0.2, 0) is 6.18 Å². The average Bonchev–Trinajstić information content (AvgIpc) is 3.10. The van der Waals surface area contributed by atoms with Gasteiger partial charge in [0.15, 0.2) is 5.01 Å². The maximum atomic E-state index is 12.5. The van der Waals surface area contributed by atoms with Crippen LogP contribution in [0.15, 0.2) is 29.8 Å². The molecule has 0 aliphatic carbocycles. The molecule has 3 rings (SSSR count). The van der Waals surface area contributed by atoms with Crippen LogP contribution in [0.4, 0.5) is 13.2 Å². The van der Waals surface area contributed by atoms with E-state index in [-0.39, 0.29) is 5.01 Å². The molecule has 0 spiro atoms. The monoisotopic (exact) mass is 314 g/mol. The minimum absolute atomic E-state index is 0.135. The molecule has 0 radical (unpaired) electrons. The highest BCUT2D eigenvalue weighted by atomic mass is 32.1. The molecule has 0 N–H and O–H groups in total. The first-order valence-electron chi connectivity index (χ1n) is 5.32. The highest BCUT2D eigenvalue weighted by molar-refractivity contribution is 7.14. The number of hydrogen-bond donors (Lipinski definition) is 0. The molecule has 0 fully saturated rings. The Morgan fingerprint density at radius 2 is 1.75 bits per heavy atom. The molecule has 4 nitrogen and oxygen atoms in total. The van der Waals surface area contributed by atoms with Crippen LogP contribution >= 0.6 is 22.7 Å². The second-order valence-electron chi connectivity index (χ2n) is 3.66. The molecule has 20 heavy (non-hydrogen) atoms. The molecule has 0 aromatic carbocycles. The zero-order valence-corrected chi connectivity index (χ0v) is 11.3. The lowest BCUT2D eigenvalue weighted by atomic mass is 10.3. The second kappa shape index (κ2) is 4.91. The van der Waals surface area contributed by atoms with E-state index in [4.69, 9.17) is 0 Å². The van der Waals surface area contributed by atoms with Crippen molar-refractivity contribution in [3.8, 4) is 21.4 Å². The van der Waals surface area contributed by atoms with Gasteiger partial charge in [-0.15, -0.1) is 21.5 Å². The highest BCUT2D eigenvalue weighted by Crippen LogP contribution is 2.34. The minimum Gasteiger partial charge on any atom is -0.243 e. The summed E-state index contributed by atoms with van der Waals surface area (Å²) in [5.74, 6) is 0. The van der Waals surface area contributed by atoms with Crippen LogP contribution in [0.25, 0.3) is 21.4 Å². The number of aromatic nitrogens is 4. The van der Waals surface area contributed by atoms with E-state index >= 15 is 0 Å². The Kier molecular flexibility index (Phi) is 3.22. The lowest BCUT2D eigenvalue weighted by Gasteiger charge is -1.99. The molecule has 0 bridgehead atoms. The molecule has 0 aliphatic heterocycles. The lowest BCUT2D eigenvalue weighted by Crippen LogP contribution is -2.03. The Balaban J connectivity index is 1.99. The fraction of sp³-hybridized carbons (Fsp3) is 0.0909. The summed E-state index contributed by atoms with van der Waals surface area (Å²) in [5.41, 5.74) is 0.951. The number of nitrogens with zero attached hydrogens (tertiary/aromatic N) is 4. The third-order valence-corrected chi connectivity index (χ3v) is 4.07. The van der Waals surface area contributed by atoms with E-state index in [2.05, 4.69) is 20.2 Å². The quantitative estimate of drug-likeness (QED) is 0.723. The summed E-state index contributed by atoms with van der Waals surface area (Å²) < 4.78 is 37.5. The van der Waals surface area contributed by atoms with E-state index in [0.29, 0.717) is 27.7 Å². The van der Waals surface area contributed by atoms with Gasteiger partial charge in [-0.05, 0) is 12.1 Å². The van der Waals surface area contributed by atoms with Gasteiger partial charge in [0.25, 0.3) is 0 Å². The summed E-state index contributed by atoms with van der Waals surface area (Å²) in [5, 5.41) is 8.35. The van der Waals surface area contributed by atoms with Crippen molar-refractivity contribution in [1.29, 1.82) is 0 Å². The second-order valence-corrected chi connectivity index (χ2v) is 5.53. The number of rotatable bonds is 2. The van der Waals surface area contributed by atoms with Crippen molar-refractivity contribution in [2.45, 2.75) is 6.18 Å². The molecule has 3 aromatic rings. The van der Waals surface area contributed by atoms with Crippen molar-refractivity contribution in [2.24, 2.45) is 0 Å². The van der Waals surface area contributed by atoms with Crippen molar-refractivity contribution in [3.63, 3.8) is 0 Å². The van der Waals surface area contributed by atoms with Crippen LogP contribution in [-0.4, -0.2) is 20.2 Å². The minimum atomic E-state index is -4.48. The third kappa shape index (κ3) is 2.54. The summed E-state index contributed by atoms with van der Waals surface area (Å²) in [6.07, 6.45) is -2.84. The molecule has 0 unspecified atom stereocenters. The zero-order valence-electron chi connectivity index (χ0n) is 9.63. The molecule has 3 aromatic heterocycles. The predicted molar refractivity (Wildman–Crippen MR) is 69.3 cm³/mol. The molecule has 0 saturated carbocycles. The van der Waals surface area contributed by atoms with Gasteiger partial charge in [-0.1, -0.05) is 17.4 Å². The Labute approximate surface area is 119 Å². The van der Waals surface area contributed by atoms with Gasteiger partial charge in [-0.2, -0.15) is 13.2 Å². The van der Waals surface area contributed by atoms with Crippen molar-refractivity contribution in [2.75, 3.05) is 0 Å². The SMILES string of the molecule is FC(F)(F)c1nnc(-c2cccc(-c3nccs3)n2)s1. The van der Waals surface area contributed by atoms with Gasteiger partial charge >= 0.3 is 6.18 Å². The van der Waals surface area contributed by atoms with Crippen molar-refractivity contribution < 1.29 is 13.2 Å². The van der Waals surface area contributed by atoms with Crippen molar-refractivity contribution >= 4 is 22.7 Å². The van der Waals surface area contributed by atoms with E-state index in [1.165, 1.54) is 11.3 Å². The molecule has 0 saturated heterocycles. The van der Waals surface area contributed by atoms with E-state index in [9.17, 15) is 13.2 Å². The van der Waals surface area contributed by atoms with Crippen LogP contribution in [0, 0.1) is 0 Å². The summed E-state index contributed by atoms with van der Waals surface area (Å²) in [6, 6.07) is 5.04. The van der Waals surface area contributed by atoms with Gasteiger partial charge in [0.2, 0.25) is 5.01 Å². The Bertz CT molecular complexity index is 721. The number of pyridine rings is 1. The van der Waals surface area contributed by atoms with E-state index in [1.54, 1.807) is 29.8 Å². The van der Waals surface area contributed by atoms with Crippen molar-refractivity contribution in [3.05, 3.63) is 34.8 Å². The van der Waals surface area contributed by atoms with Crippen LogP contribution in [0.3, 0.4) is 0 Å². The third-order valence-electron chi connectivity index (χ3n) is 2.29. The first-order chi connectivity index (χ1) is 9.54. The maximum absolute atomic E-state index is 12.5. The summed E-state index contributed by atoms with van der Waals surface area (Å²) in [6.45, 7) is 0. The van der Waals surface area contributed by atoms with Crippen molar-refractivity contribution in [1.82, 2.24) is 20.2 Å². The zero-order chi connectivity index (χ0) is 14.2. The Hall–Kier alpha value is -1.87. The molecule has 102 valence electrons. The number of halogens is 3. The van der Waals surface area contributed by atoms with E-state index in [1.807, 2.05) is 0 Å². The molecule has 3 heterocycles. The topological polar surface area (TPSA) is 51.6 Å². The fourth-order valence-corrected chi connectivity index (χ4v) is 2.75. The lowest BCUT2D eigenvalue weighted by molar-refractivity contribution is -0.138. The summed E-state index contributed by atoms with van der Waals surface area (Å²) in [7, 11) is 0. The normalized spacial score (nSPS) is 11.8. The van der Waals surface area contributed by atoms with Gasteiger partial charge < -0.3 is 0 Å². The Morgan fingerprint density at radius 1 is 1.00 bits per heavy atom. The summed E-state index contributed by atoms with van der Waals surface area (Å²) >= 11 is 1.88. The van der Waals surface area contributed by atoms with Gasteiger partial charge in [0.1, 0.15) is 10.7 Å². The maximum Gasteiger partial charge on any atom is 0.445 e. The van der Waals surface area contributed by atoms with Crippen LogP contribution in [0.5, 0.6) is 0 Å². The number of hydrogen-bond acceptors (Lipinski definition) is 6. The average molecular weight is 314 g/mol. The number of alkyl halides is 3. The van der Waals surface area contributed by atoms with Gasteiger partial charge in [0.05, 0.1) is 5.69 Å².